The SMILES string of the molecule is C=CCOc1c(Br)cc(/C=C2\NC(=O)N(CC=C)C2=O)cc1OC. The molecule has 2 rings (SSSR count). The third kappa shape index (κ3) is 3.68. The van der Waals surface area contributed by atoms with E-state index >= 15 is 0 Å². The zero-order chi connectivity index (χ0) is 17.7. The van der Waals surface area contributed by atoms with Crippen molar-refractivity contribution in [1.82, 2.24) is 10.2 Å². The molecule has 7 heteroatoms. The molecule has 1 N–H and O–H groups in total. The zero-order valence-corrected chi connectivity index (χ0v) is 14.8. The molecule has 24 heavy (non-hydrogen) atoms. The highest BCUT2D eigenvalue weighted by molar-refractivity contribution is 9.10. The van der Waals surface area contributed by atoms with Crippen molar-refractivity contribution in [1.29, 1.82) is 0 Å². The lowest BCUT2D eigenvalue weighted by Gasteiger charge is -2.12. The molecule has 0 bridgehead atoms. The number of benzene rings is 1. The Balaban J connectivity index is 2.34. The van der Waals surface area contributed by atoms with Crippen LogP contribution in [0.4, 0.5) is 4.79 Å². The van der Waals surface area contributed by atoms with Gasteiger partial charge in [-0.1, -0.05) is 18.7 Å². The number of methoxy groups -OCH3 is 1. The quantitative estimate of drug-likeness (QED) is 0.439. The van der Waals surface area contributed by atoms with E-state index in [4.69, 9.17) is 9.47 Å². The molecule has 0 saturated carbocycles. The molecule has 1 aliphatic heterocycles. The van der Waals surface area contributed by atoms with E-state index in [1.54, 1.807) is 24.3 Å². The zero-order valence-electron chi connectivity index (χ0n) is 13.2. The third-order valence-electron chi connectivity index (χ3n) is 3.18. The van der Waals surface area contributed by atoms with Gasteiger partial charge in [-0.25, -0.2) is 4.79 Å². The molecule has 1 saturated heterocycles. The number of ether oxygens (including phenoxy) is 2. The molecule has 6 nitrogen and oxygen atoms in total. The van der Waals surface area contributed by atoms with Crippen molar-refractivity contribution in [2.75, 3.05) is 20.3 Å². The largest absolute Gasteiger partial charge is 0.493 e. The van der Waals surface area contributed by atoms with Crippen molar-refractivity contribution >= 4 is 33.9 Å². The average molecular weight is 393 g/mol. The van der Waals surface area contributed by atoms with Gasteiger partial charge in [0, 0.05) is 6.54 Å². The van der Waals surface area contributed by atoms with E-state index < -0.39 is 11.9 Å². The first kappa shape index (κ1) is 17.8. The van der Waals surface area contributed by atoms with E-state index in [0.717, 1.165) is 4.90 Å². The molecule has 1 aliphatic rings. The number of carbonyl (C=O) groups excluding carboxylic acids is 2. The Bertz CT molecular complexity index is 728. The third-order valence-corrected chi connectivity index (χ3v) is 3.77. The standard InChI is InChI=1S/C17H17BrN2O4/c1-4-6-20-16(21)13(19-17(20)22)9-11-8-12(18)15(24-7-5-2)14(10-11)23-3/h4-5,8-10H,1-2,6-7H2,3H3,(H,19,22)/b13-9-. The lowest BCUT2D eigenvalue weighted by atomic mass is 10.1. The Kier molecular flexibility index (Phi) is 5.81. The van der Waals surface area contributed by atoms with Crippen LogP contribution in [0.1, 0.15) is 5.56 Å². The Morgan fingerprint density at radius 2 is 2.04 bits per heavy atom. The molecule has 0 unspecified atom stereocenters. The van der Waals surface area contributed by atoms with Gasteiger partial charge in [0.15, 0.2) is 11.5 Å². The van der Waals surface area contributed by atoms with Crippen LogP contribution in [0.2, 0.25) is 0 Å². The van der Waals surface area contributed by atoms with Crippen molar-refractivity contribution in [3.8, 4) is 11.5 Å². The minimum absolute atomic E-state index is 0.156. The second kappa shape index (κ2) is 7.83. The Hall–Kier alpha value is -2.54. The van der Waals surface area contributed by atoms with E-state index in [1.165, 1.54) is 13.2 Å². The van der Waals surface area contributed by atoms with Crippen LogP contribution >= 0.6 is 15.9 Å². The van der Waals surface area contributed by atoms with Crippen molar-refractivity contribution in [3.05, 3.63) is 53.2 Å². The predicted octanol–water partition coefficient (Wildman–Crippen LogP) is 3.10. The normalized spacial score (nSPS) is 15.4. The number of nitrogens with one attached hydrogen (secondary N) is 1. The van der Waals surface area contributed by atoms with Gasteiger partial charge in [-0.3, -0.25) is 9.69 Å². The van der Waals surface area contributed by atoms with E-state index in [9.17, 15) is 9.59 Å². The van der Waals surface area contributed by atoms with Gasteiger partial charge in [0.2, 0.25) is 0 Å². The fourth-order valence-electron chi connectivity index (χ4n) is 2.14. The van der Waals surface area contributed by atoms with Gasteiger partial charge in [-0.15, -0.1) is 6.58 Å². The first-order valence-corrected chi connectivity index (χ1v) is 7.87. The van der Waals surface area contributed by atoms with Gasteiger partial charge in [0.05, 0.1) is 11.6 Å². The molecule has 1 aromatic carbocycles. The van der Waals surface area contributed by atoms with Gasteiger partial charge in [0.25, 0.3) is 5.91 Å². The second-order valence-electron chi connectivity index (χ2n) is 4.83. The maximum Gasteiger partial charge on any atom is 0.329 e. The lowest BCUT2D eigenvalue weighted by molar-refractivity contribution is -0.122. The molecular formula is C17H17BrN2O4. The smallest absolute Gasteiger partial charge is 0.329 e. The minimum atomic E-state index is -0.469. The summed E-state index contributed by atoms with van der Waals surface area (Å²) in [6.07, 6.45) is 4.70. The Morgan fingerprint density at radius 3 is 2.67 bits per heavy atom. The van der Waals surface area contributed by atoms with Crippen molar-refractivity contribution in [2.45, 2.75) is 0 Å². The van der Waals surface area contributed by atoms with E-state index in [-0.39, 0.29) is 12.2 Å². The van der Waals surface area contributed by atoms with Crippen LogP contribution in [0.3, 0.4) is 0 Å². The number of nitrogens with zero attached hydrogens (tertiary/aromatic N) is 1. The van der Waals surface area contributed by atoms with Crippen molar-refractivity contribution < 1.29 is 19.1 Å². The number of carbonyl (C=O) groups is 2. The molecule has 126 valence electrons. The van der Waals surface area contributed by atoms with Gasteiger partial charge in [-0.2, -0.15) is 0 Å². The molecular weight excluding hydrogens is 376 g/mol. The highest BCUT2D eigenvalue weighted by atomic mass is 79.9. The molecule has 0 spiro atoms. The molecule has 3 amide bonds. The molecule has 0 atom stereocenters. The van der Waals surface area contributed by atoms with Crippen molar-refractivity contribution in [3.63, 3.8) is 0 Å². The number of rotatable bonds is 7. The number of amides is 3. The molecule has 0 aromatic heterocycles. The molecule has 1 aromatic rings. The Morgan fingerprint density at radius 1 is 1.29 bits per heavy atom. The van der Waals surface area contributed by atoms with Crippen LogP contribution in [-0.4, -0.2) is 37.1 Å². The summed E-state index contributed by atoms with van der Waals surface area (Å²) in [6.45, 7) is 7.63. The maximum absolute atomic E-state index is 12.2. The summed E-state index contributed by atoms with van der Waals surface area (Å²) in [6, 6.07) is 3.01. The molecule has 0 aliphatic carbocycles. The van der Waals surface area contributed by atoms with Gasteiger partial charge in [-0.05, 0) is 39.7 Å². The fourth-order valence-corrected chi connectivity index (χ4v) is 2.71. The summed E-state index contributed by atoms with van der Waals surface area (Å²) in [7, 11) is 1.52. The van der Waals surface area contributed by atoms with Crippen LogP contribution in [0.5, 0.6) is 11.5 Å². The number of halogens is 1. The van der Waals surface area contributed by atoms with Crippen LogP contribution in [0.25, 0.3) is 6.08 Å². The molecule has 0 radical (unpaired) electrons. The van der Waals surface area contributed by atoms with E-state index in [1.807, 2.05) is 0 Å². The van der Waals surface area contributed by atoms with Gasteiger partial charge in [0.1, 0.15) is 12.3 Å². The summed E-state index contributed by atoms with van der Waals surface area (Å²) >= 11 is 3.42. The highest BCUT2D eigenvalue weighted by Gasteiger charge is 2.32. The summed E-state index contributed by atoms with van der Waals surface area (Å²) in [4.78, 5) is 25.1. The van der Waals surface area contributed by atoms with Crippen LogP contribution < -0.4 is 14.8 Å². The lowest BCUT2D eigenvalue weighted by Crippen LogP contribution is -2.30. The molecule has 1 fully saturated rings. The van der Waals surface area contributed by atoms with Gasteiger partial charge < -0.3 is 14.8 Å². The summed E-state index contributed by atoms with van der Waals surface area (Å²) in [5.74, 6) is 0.634. The van der Waals surface area contributed by atoms with Gasteiger partial charge >= 0.3 is 6.03 Å². The predicted molar refractivity (Wildman–Crippen MR) is 94.8 cm³/mol. The van der Waals surface area contributed by atoms with E-state index in [2.05, 4.69) is 34.4 Å². The van der Waals surface area contributed by atoms with Crippen LogP contribution in [0, 0.1) is 0 Å². The number of hydrogen-bond acceptors (Lipinski definition) is 4. The Labute approximate surface area is 148 Å². The number of imide groups is 1. The maximum atomic E-state index is 12.2. The summed E-state index contributed by atoms with van der Waals surface area (Å²) < 4.78 is 11.5. The monoisotopic (exact) mass is 392 g/mol. The summed E-state index contributed by atoms with van der Waals surface area (Å²) in [5.41, 5.74) is 0.865. The number of urea groups is 1. The fraction of sp³-hybridized carbons (Fsp3) is 0.176. The van der Waals surface area contributed by atoms with Crippen LogP contribution in [0.15, 0.2) is 47.6 Å². The average Bonchev–Trinajstić information content (AvgIpc) is 2.81. The molecule has 1 heterocycles. The minimum Gasteiger partial charge on any atom is -0.493 e. The number of hydrogen-bond donors (Lipinski definition) is 1. The van der Waals surface area contributed by atoms with Crippen LogP contribution in [-0.2, 0) is 4.79 Å². The topological polar surface area (TPSA) is 67.9 Å². The van der Waals surface area contributed by atoms with Crippen molar-refractivity contribution in [2.24, 2.45) is 0 Å². The second-order valence-corrected chi connectivity index (χ2v) is 5.68. The first-order chi connectivity index (χ1) is 11.5. The summed E-state index contributed by atoms with van der Waals surface area (Å²) in [5, 5.41) is 2.54. The first-order valence-electron chi connectivity index (χ1n) is 7.08. The highest BCUT2D eigenvalue weighted by Crippen LogP contribution is 2.37. The van der Waals surface area contributed by atoms with E-state index in [0.29, 0.717) is 28.1 Å².